The second kappa shape index (κ2) is 8.01. The molecule has 5 rings (SSSR count). The van der Waals surface area contributed by atoms with E-state index in [0.29, 0.717) is 17.9 Å². The topological polar surface area (TPSA) is 36.1 Å². The van der Waals surface area contributed by atoms with E-state index < -0.39 is 0 Å². The normalized spacial score (nSPS) is 22.1. The number of ketones is 1. The van der Waals surface area contributed by atoms with Crippen molar-refractivity contribution in [3.63, 3.8) is 0 Å². The van der Waals surface area contributed by atoms with Crippen molar-refractivity contribution < 1.29 is 4.79 Å². The summed E-state index contributed by atoms with van der Waals surface area (Å²) in [5.74, 6) is 0.708. The molecule has 2 fully saturated rings. The van der Waals surface area contributed by atoms with Gasteiger partial charge in [-0.2, -0.15) is 0 Å². The van der Waals surface area contributed by atoms with E-state index >= 15 is 0 Å². The van der Waals surface area contributed by atoms with Gasteiger partial charge in [0.2, 0.25) is 0 Å². The fourth-order valence-corrected chi connectivity index (χ4v) is 6.60. The van der Waals surface area contributed by atoms with Gasteiger partial charge in [0.15, 0.2) is 5.78 Å². The van der Waals surface area contributed by atoms with E-state index in [1.165, 1.54) is 55.2 Å². The first-order valence-corrected chi connectivity index (χ1v) is 12.0. The Kier molecular flexibility index (Phi) is 5.39. The Hall–Kier alpha value is -1.43. The van der Waals surface area contributed by atoms with Gasteiger partial charge in [0.25, 0.3) is 0 Å². The van der Waals surface area contributed by atoms with Crippen LogP contribution in [0.25, 0.3) is 10.9 Å². The molecule has 2 aromatic carbocycles. The Balaban J connectivity index is 1.42. The van der Waals surface area contributed by atoms with Crippen molar-refractivity contribution >= 4 is 48.5 Å². The number of piperidine rings is 1. The van der Waals surface area contributed by atoms with Crippen LogP contribution in [0.3, 0.4) is 0 Å². The lowest BCUT2D eigenvalue weighted by molar-refractivity contribution is 0.0991. The minimum atomic E-state index is 0.123. The predicted octanol–water partition coefficient (Wildman–Crippen LogP) is 6.46. The molecule has 0 saturated carbocycles. The third-order valence-electron chi connectivity index (χ3n) is 6.63. The highest BCUT2D eigenvalue weighted by atomic mass is 79.9. The minimum Gasteiger partial charge on any atom is -0.361 e. The number of halogens is 2. The van der Waals surface area contributed by atoms with E-state index in [0.717, 1.165) is 20.6 Å². The van der Waals surface area contributed by atoms with Crippen molar-refractivity contribution in [2.75, 3.05) is 13.1 Å². The molecule has 3 heterocycles. The van der Waals surface area contributed by atoms with Crippen LogP contribution in [0.5, 0.6) is 0 Å². The van der Waals surface area contributed by atoms with E-state index in [4.69, 9.17) is 0 Å². The molecular weight excluding hydrogens is 492 g/mol. The van der Waals surface area contributed by atoms with Crippen LogP contribution in [0, 0.1) is 0 Å². The highest BCUT2D eigenvalue weighted by Crippen LogP contribution is 2.38. The van der Waals surface area contributed by atoms with Crippen LogP contribution in [0.4, 0.5) is 0 Å². The van der Waals surface area contributed by atoms with Gasteiger partial charge in [-0.05, 0) is 73.5 Å². The second-order valence-electron chi connectivity index (χ2n) is 8.39. The molecule has 3 aromatic rings. The Morgan fingerprint density at radius 3 is 2.76 bits per heavy atom. The lowest BCUT2D eigenvalue weighted by Gasteiger charge is -2.35. The molecular formula is C24H24Br2N2O. The molecule has 2 unspecified atom stereocenters. The number of benzene rings is 2. The summed E-state index contributed by atoms with van der Waals surface area (Å²) in [4.78, 5) is 19.1. The Morgan fingerprint density at radius 1 is 1.10 bits per heavy atom. The van der Waals surface area contributed by atoms with Crippen LogP contribution >= 0.6 is 31.9 Å². The van der Waals surface area contributed by atoms with Gasteiger partial charge in [-0.25, -0.2) is 0 Å². The first-order valence-electron chi connectivity index (χ1n) is 10.4. The highest BCUT2D eigenvalue weighted by molar-refractivity contribution is 9.11. The number of nitrogens with one attached hydrogen (secondary N) is 1. The summed E-state index contributed by atoms with van der Waals surface area (Å²) in [6.07, 6.45) is 7.90. The molecule has 0 amide bonds. The summed E-state index contributed by atoms with van der Waals surface area (Å²) >= 11 is 7.04. The maximum atomic E-state index is 13.0. The predicted molar refractivity (Wildman–Crippen MR) is 125 cm³/mol. The van der Waals surface area contributed by atoms with Gasteiger partial charge in [-0.1, -0.05) is 44.0 Å². The van der Waals surface area contributed by atoms with E-state index in [9.17, 15) is 4.79 Å². The lowest BCUT2D eigenvalue weighted by Crippen LogP contribution is -2.37. The van der Waals surface area contributed by atoms with Gasteiger partial charge >= 0.3 is 0 Å². The number of H-pyrrole nitrogens is 1. The summed E-state index contributed by atoms with van der Waals surface area (Å²) in [5, 5.41) is 1.28. The molecule has 1 N–H and O–H groups in total. The molecule has 2 saturated heterocycles. The van der Waals surface area contributed by atoms with Gasteiger partial charge in [0.05, 0.1) is 0 Å². The molecule has 2 atom stereocenters. The van der Waals surface area contributed by atoms with Gasteiger partial charge < -0.3 is 4.98 Å². The number of carbonyl (C=O) groups is 1. The van der Waals surface area contributed by atoms with Crippen LogP contribution in [-0.4, -0.2) is 34.8 Å². The van der Waals surface area contributed by atoms with Gasteiger partial charge in [-0.15, -0.1) is 0 Å². The Morgan fingerprint density at radius 2 is 1.93 bits per heavy atom. The number of nitrogens with zero attached hydrogens (tertiary/aromatic N) is 1. The monoisotopic (exact) mass is 514 g/mol. The number of aromatic nitrogens is 1. The standard InChI is InChI=1S/C24H24Br2N2O/c25-20-4-1-5-21(26)24(20)23(29)12-15-6-9-22-18(11-15)19(13-27-22)16-7-8-17-3-2-10-28(17)14-16/h1,4-6,9,11,13,16-17,27H,2-3,7-8,10,12,14H2. The smallest absolute Gasteiger partial charge is 0.169 e. The van der Waals surface area contributed by atoms with Crippen LogP contribution in [0.15, 0.2) is 51.5 Å². The molecule has 5 heteroatoms. The average molecular weight is 516 g/mol. The minimum absolute atomic E-state index is 0.123. The lowest BCUT2D eigenvalue weighted by atomic mass is 9.87. The van der Waals surface area contributed by atoms with Crippen molar-refractivity contribution in [3.05, 3.63) is 68.2 Å². The zero-order valence-electron chi connectivity index (χ0n) is 16.3. The maximum absolute atomic E-state index is 13.0. The van der Waals surface area contributed by atoms with E-state index in [-0.39, 0.29) is 5.78 Å². The second-order valence-corrected chi connectivity index (χ2v) is 10.1. The van der Waals surface area contributed by atoms with Crippen molar-refractivity contribution in [1.29, 1.82) is 0 Å². The number of rotatable bonds is 4. The summed E-state index contributed by atoms with van der Waals surface area (Å²) in [7, 11) is 0. The SMILES string of the molecule is O=C(Cc1ccc2[nH]cc(C3CCC4CCCN4C3)c2c1)c1c(Br)cccc1Br. The maximum Gasteiger partial charge on any atom is 0.169 e. The van der Waals surface area contributed by atoms with Crippen molar-refractivity contribution in [3.8, 4) is 0 Å². The zero-order chi connectivity index (χ0) is 20.0. The summed E-state index contributed by atoms with van der Waals surface area (Å²) in [6.45, 7) is 2.43. The summed E-state index contributed by atoms with van der Waals surface area (Å²) in [6, 6.07) is 13.0. The first kappa shape index (κ1) is 19.5. The fraction of sp³-hybridized carbons (Fsp3) is 0.375. The quantitative estimate of drug-likeness (QED) is 0.405. The van der Waals surface area contributed by atoms with Crippen LogP contribution in [-0.2, 0) is 6.42 Å². The summed E-state index contributed by atoms with van der Waals surface area (Å²) in [5.41, 5.74) is 4.37. The molecule has 2 aliphatic heterocycles. The Labute approximate surface area is 188 Å². The van der Waals surface area contributed by atoms with Crippen LogP contribution < -0.4 is 0 Å². The highest BCUT2D eigenvalue weighted by Gasteiger charge is 2.32. The third-order valence-corrected chi connectivity index (χ3v) is 7.95. The van der Waals surface area contributed by atoms with E-state index in [1.807, 2.05) is 18.2 Å². The van der Waals surface area contributed by atoms with Gasteiger partial charge in [0.1, 0.15) is 0 Å². The molecule has 150 valence electrons. The fourth-order valence-electron chi connectivity index (χ4n) is 5.16. The van der Waals surface area contributed by atoms with Crippen molar-refractivity contribution in [1.82, 2.24) is 9.88 Å². The molecule has 0 aliphatic carbocycles. The Bertz CT molecular complexity index is 1050. The van der Waals surface area contributed by atoms with E-state index in [2.05, 4.69) is 66.1 Å². The number of carbonyl (C=O) groups excluding carboxylic acids is 1. The van der Waals surface area contributed by atoms with Crippen molar-refractivity contribution in [2.45, 2.75) is 44.1 Å². The molecule has 29 heavy (non-hydrogen) atoms. The average Bonchev–Trinajstić information content (AvgIpc) is 3.33. The summed E-state index contributed by atoms with van der Waals surface area (Å²) < 4.78 is 1.67. The molecule has 1 aromatic heterocycles. The molecule has 2 aliphatic rings. The van der Waals surface area contributed by atoms with Gasteiger partial charge in [-0.3, -0.25) is 9.69 Å². The molecule has 0 bridgehead atoms. The largest absolute Gasteiger partial charge is 0.361 e. The van der Waals surface area contributed by atoms with E-state index in [1.54, 1.807) is 0 Å². The molecule has 0 radical (unpaired) electrons. The van der Waals surface area contributed by atoms with Crippen LogP contribution in [0.2, 0.25) is 0 Å². The van der Waals surface area contributed by atoms with Crippen LogP contribution in [0.1, 0.15) is 53.1 Å². The number of aromatic amines is 1. The number of hydrogen-bond acceptors (Lipinski definition) is 2. The number of fused-ring (bicyclic) bond motifs is 2. The van der Waals surface area contributed by atoms with Gasteiger partial charge in [0, 0.05) is 50.6 Å². The third kappa shape index (κ3) is 3.73. The first-order chi connectivity index (χ1) is 14.1. The molecule has 3 nitrogen and oxygen atoms in total. The number of Topliss-reactive ketones (excluding diaryl/α,β-unsaturated/α-hetero) is 1. The number of hydrogen-bond donors (Lipinski definition) is 1. The molecule has 0 spiro atoms. The van der Waals surface area contributed by atoms with Crippen molar-refractivity contribution in [2.24, 2.45) is 0 Å². The zero-order valence-corrected chi connectivity index (χ0v) is 19.4.